The van der Waals surface area contributed by atoms with Crippen molar-refractivity contribution in [3.05, 3.63) is 78.9 Å². The number of hydrogen-bond acceptors (Lipinski definition) is 2. The Labute approximate surface area is 161 Å². The highest BCUT2D eigenvalue weighted by molar-refractivity contribution is 6.16. The van der Waals surface area contributed by atoms with Crippen molar-refractivity contribution >= 4 is 60.7 Å². The van der Waals surface area contributed by atoms with Gasteiger partial charge in [0.05, 0.1) is 11.4 Å². The molecule has 0 bridgehead atoms. The highest BCUT2D eigenvalue weighted by Crippen LogP contribution is 2.38. The highest BCUT2D eigenvalue weighted by Gasteiger charge is 2.12. The van der Waals surface area contributed by atoms with Crippen LogP contribution in [0.25, 0.3) is 43.6 Å². The van der Waals surface area contributed by atoms with Gasteiger partial charge in [0.15, 0.2) is 0 Å². The molecule has 0 amide bonds. The van der Waals surface area contributed by atoms with E-state index in [0.29, 0.717) is 0 Å². The van der Waals surface area contributed by atoms with Gasteiger partial charge in [-0.1, -0.05) is 36.4 Å². The number of aromatic amines is 2. The molecule has 2 aromatic heterocycles. The van der Waals surface area contributed by atoms with Crippen LogP contribution in [0.1, 0.15) is 0 Å². The quantitative estimate of drug-likeness (QED) is 0.274. The Morgan fingerprint density at radius 3 is 2.11 bits per heavy atom. The van der Waals surface area contributed by atoms with Gasteiger partial charge in [0, 0.05) is 49.3 Å². The topological polar surface area (TPSA) is 69.6 Å². The summed E-state index contributed by atoms with van der Waals surface area (Å²) in [6.45, 7) is 0. The minimum atomic E-state index is 0.733. The van der Waals surface area contributed by atoms with E-state index < -0.39 is 0 Å². The summed E-state index contributed by atoms with van der Waals surface area (Å²) in [6.07, 6.45) is 0. The zero-order valence-electron chi connectivity index (χ0n) is 15.1. The first-order valence-corrected chi connectivity index (χ1v) is 9.34. The molecule has 4 heteroatoms. The Kier molecular flexibility index (Phi) is 3.00. The molecular weight excluding hydrogens is 344 g/mol. The maximum atomic E-state index is 6.39. The lowest BCUT2D eigenvalue weighted by molar-refractivity contribution is 1.53. The Morgan fingerprint density at radius 2 is 1.25 bits per heavy atom. The van der Waals surface area contributed by atoms with Crippen LogP contribution in [0.3, 0.4) is 0 Å². The van der Waals surface area contributed by atoms with Crippen LogP contribution in [0.2, 0.25) is 0 Å². The summed E-state index contributed by atoms with van der Waals surface area (Å²) < 4.78 is 0. The predicted molar refractivity (Wildman–Crippen MR) is 119 cm³/mol. The standard InChI is InChI=1S/C24H18N4/c25-18-10-12-22-23(16-6-2-4-8-20(16)28-22)24(18)26-14-9-11-21-17(13-14)15-5-1-3-7-19(15)27-21/h1-13,26-28H,25H2. The first kappa shape index (κ1) is 15.2. The average Bonchev–Trinajstić information content (AvgIpc) is 3.28. The third-order valence-electron chi connectivity index (χ3n) is 5.48. The van der Waals surface area contributed by atoms with Gasteiger partial charge in [0.25, 0.3) is 0 Å². The molecule has 0 aliphatic rings. The van der Waals surface area contributed by atoms with Crippen molar-refractivity contribution < 1.29 is 0 Å². The summed E-state index contributed by atoms with van der Waals surface area (Å²) in [5.74, 6) is 0. The number of nitrogen functional groups attached to an aromatic ring is 1. The molecule has 6 rings (SSSR count). The number of hydrogen-bond donors (Lipinski definition) is 4. The fraction of sp³-hybridized carbons (Fsp3) is 0. The average molecular weight is 362 g/mol. The molecule has 5 N–H and O–H groups in total. The van der Waals surface area contributed by atoms with Crippen molar-refractivity contribution in [1.29, 1.82) is 0 Å². The van der Waals surface area contributed by atoms with Crippen LogP contribution in [0.15, 0.2) is 78.9 Å². The largest absolute Gasteiger partial charge is 0.397 e. The SMILES string of the molecule is Nc1ccc2[nH]c3ccccc3c2c1Nc1ccc2[nH]c3ccccc3c2c1. The molecule has 0 fully saturated rings. The number of rotatable bonds is 2. The Morgan fingerprint density at radius 1 is 0.607 bits per heavy atom. The van der Waals surface area contributed by atoms with Gasteiger partial charge in [-0.2, -0.15) is 0 Å². The minimum Gasteiger partial charge on any atom is -0.397 e. The Balaban J connectivity index is 1.56. The Bertz CT molecular complexity index is 1500. The number of anilines is 3. The van der Waals surface area contributed by atoms with Gasteiger partial charge in [-0.15, -0.1) is 0 Å². The summed E-state index contributed by atoms with van der Waals surface area (Å²) in [5, 5.41) is 8.29. The van der Waals surface area contributed by atoms with E-state index in [4.69, 9.17) is 5.73 Å². The van der Waals surface area contributed by atoms with Crippen molar-refractivity contribution in [2.24, 2.45) is 0 Å². The molecule has 4 nitrogen and oxygen atoms in total. The summed E-state index contributed by atoms with van der Waals surface area (Å²) in [7, 11) is 0. The van der Waals surface area contributed by atoms with E-state index in [1.165, 1.54) is 16.2 Å². The first-order chi connectivity index (χ1) is 13.8. The summed E-state index contributed by atoms with van der Waals surface area (Å²) >= 11 is 0. The van der Waals surface area contributed by atoms with Crippen molar-refractivity contribution in [3.63, 3.8) is 0 Å². The number of H-pyrrole nitrogens is 2. The Hall–Kier alpha value is -3.92. The molecule has 0 radical (unpaired) electrons. The van der Waals surface area contributed by atoms with E-state index in [2.05, 4.69) is 75.9 Å². The highest BCUT2D eigenvalue weighted by atomic mass is 14.9. The predicted octanol–water partition coefficient (Wildman–Crippen LogP) is 6.28. The van der Waals surface area contributed by atoms with E-state index >= 15 is 0 Å². The second kappa shape index (κ2) is 5.54. The van der Waals surface area contributed by atoms with Gasteiger partial charge in [-0.05, 0) is 42.5 Å². The second-order valence-corrected chi connectivity index (χ2v) is 7.18. The molecule has 0 saturated heterocycles. The van der Waals surface area contributed by atoms with Gasteiger partial charge in [0.1, 0.15) is 0 Å². The van der Waals surface area contributed by atoms with Gasteiger partial charge in [0.2, 0.25) is 0 Å². The van der Waals surface area contributed by atoms with E-state index in [0.717, 1.165) is 44.5 Å². The molecule has 2 heterocycles. The van der Waals surface area contributed by atoms with E-state index in [-0.39, 0.29) is 0 Å². The van der Waals surface area contributed by atoms with Crippen LogP contribution in [-0.4, -0.2) is 9.97 Å². The maximum Gasteiger partial charge on any atom is 0.0719 e. The fourth-order valence-electron chi connectivity index (χ4n) is 4.16. The molecule has 0 spiro atoms. The smallest absolute Gasteiger partial charge is 0.0719 e. The van der Waals surface area contributed by atoms with Gasteiger partial charge in [-0.25, -0.2) is 0 Å². The van der Waals surface area contributed by atoms with Gasteiger partial charge >= 0.3 is 0 Å². The van der Waals surface area contributed by atoms with Crippen LogP contribution < -0.4 is 11.1 Å². The lowest BCUT2D eigenvalue weighted by Gasteiger charge is -2.12. The molecule has 0 unspecified atom stereocenters. The van der Waals surface area contributed by atoms with Crippen LogP contribution in [0, 0.1) is 0 Å². The number of nitrogens with two attached hydrogens (primary N) is 1. The lowest BCUT2D eigenvalue weighted by atomic mass is 10.1. The monoisotopic (exact) mass is 362 g/mol. The van der Waals surface area contributed by atoms with Crippen molar-refractivity contribution in [2.75, 3.05) is 11.1 Å². The maximum absolute atomic E-state index is 6.39. The van der Waals surface area contributed by atoms with Crippen LogP contribution >= 0.6 is 0 Å². The van der Waals surface area contributed by atoms with Crippen LogP contribution in [-0.2, 0) is 0 Å². The fourth-order valence-corrected chi connectivity index (χ4v) is 4.16. The van der Waals surface area contributed by atoms with E-state index in [9.17, 15) is 0 Å². The van der Waals surface area contributed by atoms with Crippen molar-refractivity contribution in [3.8, 4) is 0 Å². The molecular formula is C24H18N4. The molecule has 4 aromatic carbocycles. The van der Waals surface area contributed by atoms with E-state index in [1.807, 2.05) is 18.2 Å². The van der Waals surface area contributed by atoms with Crippen LogP contribution in [0.4, 0.5) is 17.1 Å². The van der Waals surface area contributed by atoms with Crippen LogP contribution in [0.5, 0.6) is 0 Å². The molecule has 0 aliphatic carbocycles. The lowest BCUT2D eigenvalue weighted by Crippen LogP contribution is -1.97. The number of nitrogens with one attached hydrogen (secondary N) is 3. The molecule has 134 valence electrons. The van der Waals surface area contributed by atoms with E-state index in [1.54, 1.807) is 0 Å². The van der Waals surface area contributed by atoms with Gasteiger partial charge in [-0.3, -0.25) is 0 Å². The second-order valence-electron chi connectivity index (χ2n) is 7.18. The number of fused-ring (bicyclic) bond motifs is 6. The first-order valence-electron chi connectivity index (χ1n) is 9.34. The molecule has 6 aromatic rings. The molecule has 0 atom stereocenters. The minimum absolute atomic E-state index is 0.733. The zero-order chi connectivity index (χ0) is 18.7. The summed E-state index contributed by atoms with van der Waals surface area (Å²) in [6, 6.07) is 27.1. The zero-order valence-corrected chi connectivity index (χ0v) is 15.1. The number of aromatic nitrogens is 2. The number of para-hydroxylation sites is 2. The molecule has 28 heavy (non-hydrogen) atoms. The summed E-state index contributed by atoms with van der Waals surface area (Å²) in [5.41, 5.74) is 13.5. The third kappa shape index (κ3) is 2.12. The van der Waals surface area contributed by atoms with Crippen molar-refractivity contribution in [1.82, 2.24) is 9.97 Å². The third-order valence-corrected chi connectivity index (χ3v) is 5.48. The molecule has 0 saturated carbocycles. The normalized spacial score (nSPS) is 11.7. The molecule has 0 aliphatic heterocycles. The number of benzene rings is 4. The van der Waals surface area contributed by atoms with Crippen molar-refractivity contribution in [2.45, 2.75) is 0 Å². The summed E-state index contributed by atoms with van der Waals surface area (Å²) in [4.78, 5) is 6.95. The van der Waals surface area contributed by atoms with Gasteiger partial charge < -0.3 is 21.0 Å².